The Morgan fingerprint density at radius 2 is 1.90 bits per heavy atom. The van der Waals surface area contributed by atoms with E-state index in [0.717, 1.165) is 22.3 Å². The monoisotopic (exact) mass is 400 g/mol. The number of amidine groups is 1. The summed E-state index contributed by atoms with van der Waals surface area (Å²) in [4.78, 5) is 25.6. The van der Waals surface area contributed by atoms with E-state index in [1.165, 1.54) is 0 Å². The summed E-state index contributed by atoms with van der Waals surface area (Å²) < 4.78 is 5.30. The molecule has 0 bridgehead atoms. The lowest BCUT2D eigenvalue weighted by Gasteiger charge is -2.22. The van der Waals surface area contributed by atoms with Crippen molar-refractivity contribution in [1.29, 1.82) is 0 Å². The number of ketones is 1. The Balaban J connectivity index is 1.71. The fraction of sp³-hybridized carbons (Fsp3) is 0.208. The maximum atomic E-state index is 13.7. The average molecular weight is 400 g/mol. The van der Waals surface area contributed by atoms with E-state index in [4.69, 9.17) is 4.74 Å². The van der Waals surface area contributed by atoms with Gasteiger partial charge in [0.1, 0.15) is 11.9 Å². The van der Waals surface area contributed by atoms with E-state index in [1.54, 1.807) is 19.5 Å². The number of carbonyl (C=O) groups is 1. The zero-order valence-corrected chi connectivity index (χ0v) is 17.0. The number of hydrogen-bond acceptors (Lipinski definition) is 5. The van der Waals surface area contributed by atoms with Gasteiger partial charge in [0.25, 0.3) is 0 Å². The fourth-order valence-electron chi connectivity index (χ4n) is 3.45. The lowest BCUT2D eigenvalue weighted by Crippen LogP contribution is -2.37. The molecule has 6 nitrogen and oxygen atoms in total. The molecule has 0 saturated carbocycles. The van der Waals surface area contributed by atoms with Crippen molar-refractivity contribution in [3.8, 4) is 11.1 Å². The van der Waals surface area contributed by atoms with E-state index in [-0.39, 0.29) is 12.0 Å². The summed E-state index contributed by atoms with van der Waals surface area (Å²) in [6.45, 7) is 2.50. The van der Waals surface area contributed by atoms with Crippen LogP contribution in [0.1, 0.15) is 27.5 Å². The number of aryl methyl sites for hydroxylation is 1. The number of nitrogens with zero attached hydrogens (tertiary/aromatic N) is 2. The predicted octanol–water partition coefficient (Wildman–Crippen LogP) is 3.96. The van der Waals surface area contributed by atoms with Gasteiger partial charge in [0, 0.05) is 30.6 Å². The molecule has 4 rings (SSSR count). The molecule has 2 unspecified atom stereocenters. The summed E-state index contributed by atoms with van der Waals surface area (Å²) in [6.07, 6.45) is 4.91. The minimum absolute atomic E-state index is 0.0467. The first-order valence-electron chi connectivity index (χ1n) is 9.85. The number of aliphatic imine (C=N–C) groups is 2. The highest BCUT2D eigenvalue weighted by molar-refractivity contribution is 6.30. The summed E-state index contributed by atoms with van der Waals surface area (Å²) in [7, 11) is 1.60. The van der Waals surface area contributed by atoms with Crippen molar-refractivity contribution < 1.29 is 9.53 Å². The molecule has 0 amide bonds. The van der Waals surface area contributed by atoms with Crippen LogP contribution in [0.15, 0.2) is 77.0 Å². The van der Waals surface area contributed by atoms with E-state index in [2.05, 4.69) is 20.3 Å². The van der Waals surface area contributed by atoms with Crippen molar-refractivity contribution in [2.24, 2.45) is 9.98 Å². The topological polar surface area (TPSA) is 78.8 Å². The number of nitrogens with one attached hydrogen (secondary N) is 2. The Labute approximate surface area is 175 Å². The standard InChI is InChI=1S/C24H24N4O2/c1-16-8-10-18(11-9-16)23(28-21-14-26-15-22(27-21)30-2)24(29)20-13-25-12-19(20)17-6-4-3-5-7-17/h3-14,22-23,25H,15H2,1-2H3,(H,27,28). The molecular weight excluding hydrogens is 376 g/mol. The fourth-order valence-corrected chi connectivity index (χ4v) is 3.45. The van der Waals surface area contributed by atoms with Gasteiger partial charge in [-0.2, -0.15) is 0 Å². The minimum Gasteiger partial charge on any atom is -0.366 e. The average Bonchev–Trinajstić information content (AvgIpc) is 3.28. The molecule has 3 aromatic rings. The third kappa shape index (κ3) is 4.23. The number of methoxy groups -OCH3 is 1. The van der Waals surface area contributed by atoms with Gasteiger partial charge < -0.3 is 15.0 Å². The van der Waals surface area contributed by atoms with Gasteiger partial charge in [-0.1, -0.05) is 60.2 Å². The van der Waals surface area contributed by atoms with Crippen LogP contribution in [0, 0.1) is 6.92 Å². The predicted molar refractivity (Wildman–Crippen MR) is 119 cm³/mol. The van der Waals surface area contributed by atoms with Gasteiger partial charge in [-0.3, -0.25) is 9.79 Å². The smallest absolute Gasteiger partial charge is 0.191 e. The molecule has 152 valence electrons. The summed E-state index contributed by atoms with van der Waals surface area (Å²) in [6, 6.07) is 17.2. The van der Waals surface area contributed by atoms with Crippen LogP contribution in [-0.2, 0) is 4.74 Å². The molecule has 2 atom stereocenters. The van der Waals surface area contributed by atoms with Crippen LogP contribution in [0.2, 0.25) is 0 Å². The molecule has 1 aliphatic heterocycles. The van der Waals surface area contributed by atoms with Crippen LogP contribution < -0.4 is 5.32 Å². The number of rotatable bonds is 6. The number of hydrogen-bond donors (Lipinski definition) is 2. The van der Waals surface area contributed by atoms with E-state index >= 15 is 0 Å². The lowest BCUT2D eigenvalue weighted by molar-refractivity contribution is 0.0951. The van der Waals surface area contributed by atoms with Crippen LogP contribution >= 0.6 is 0 Å². The van der Waals surface area contributed by atoms with E-state index in [1.807, 2.05) is 67.7 Å². The van der Waals surface area contributed by atoms with Crippen LogP contribution in [0.4, 0.5) is 0 Å². The summed E-state index contributed by atoms with van der Waals surface area (Å²) in [5.41, 5.74) is 4.47. The van der Waals surface area contributed by atoms with E-state index in [9.17, 15) is 4.79 Å². The number of Topliss-reactive ketones (excluding diaryl/α,β-unsaturated/α-hetero) is 1. The molecule has 0 saturated heterocycles. The van der Waals surface area contributed by atoms with E-state index < -0.39 is 6.04 Å². The van der Waals surface area contributed by atoms with Gasteiger partial charge in [-0.15, -0.1) is 0 Å². The first-order chi connectivity index (χ1) is 14.7. The SMILES string of the molecule is COC1CN=CC(NC(C(=O)c2c[nH]cc2-c2ccccc2)c2ccc(C)cc2)=N1. The van der Waals surface area contributed by atoms with Gasteiger partial charge in [-0.25, -0.2) is 4.99 Å². The number of aromatic amines is 1. The largest absolute Gasteiger partial charge is 0.366 e. The Morgan fingerprint density at radius 1 is 1.13 bits per heavy atom. The van der Waals surface area contributed by atoms with Crippen molar-refractivity contribution in [3.63, 3.8) is 0 Å². The number of carbonyl (C=O) groups excluding carboxylic acids is 1. The van der Waals surface area contributed by atoms with Gasteiger partial charge in [0.15, 0.2) is 12.0 Å². The maximum Gasteiger partial charge on any atom is 0.191 e. The molecule has 6 heteroatoms. The summed E-state index contributed by atoms with van der Waals surface area (Å²) >= 11 is 0. The Kier molecular flexibility index (Phi) is 5.86. The Hall–Kier alpha value is -3.51. The third-order valence-corrected chi connectivity index (χ3v) is 5.09. The number of aromatic nitrogens is 1. The molecule has 0 spiro atoms. The van der Waals surface area contributed by atoms with Crippen molar-refractivity contribution in [3.05, 3.63) is 83.7 Å². The zero-order chi connectivity index (χ0) is 20.9. The van der Waals surface area contributed by atoms with Gasteiger partial charge in [0.05, 0.1) is 12.8 Å². The van der Waals surface area contributed by atoms with Crippen LogP contribution in [0.3, 0.4) is 0 Å². The Morgan fingerprint density at radius 3 is 2.63 bits per heavy atom. The maximum absolute atomic E-state index is 13.7. The molecule has 2 heterocycles. The second-order valence-corrected chi connectivity index (χ2v) is 7.20. The van der Waals surface area contributed by atoms with Gasteiger partial charge >= 0.3 is 0 Å². The zero-order valence-electron chi connectivity index (χ0n) is 17.0. The van der Waals surface area contributed by atoms with Crippen molar-refractivity contribution in [2.45, 2.75) is 19.2 Å². The lowest BCUT2D eigenvalue weighted by atomic mass is 9.94. The van der Waals surface area contributed by atoms with Gasteiger partial charge in [0.2, 0.25) is 0 Å². The molecule has 2 N–H and O–H groups in total. The molecule has 0 fully saturated rings. The quantitative estimate of drug-likeness (QED) is 0.615. The number of benzene rings is 2. The molecule has 30 heavy (non-hydrogen) atoms. The molecule has 1 aromatic heterocycles. The number of ether oxygens (including phenoxy) is 1. The van der Waals surface area contributed by atoms with Crippen molar-refractivity contribution in [1.82, 2.24) is 10.3 Å². The summed E-state index contributed by atoms with van der Waals surface area (Å²) in [5.74, 6) is 0.485. The molecule has 2 aromatic carbocycles. The van der Waals surface area contributed by atoms with Gasteiger partial charge in [-0.05, 0) is 18.1 Å². The van der Waals surface area contributed by atoms with Crippen molar-refractivity contribution >= 4 is 17.8 Å². The highest BCUT2D eigenvalue weighted by Gasteiger charge is 2.27. The molecular formula is C24H24N4O2. The van der Waals surface area contributed by atoms with Crippen LogP contribution in [-0.4, -0.2) is 42.7 Å². The second-order valence-electron chi connectivity index (χ2n) is 7.20. The molecule has 0 radical (unpaired) electrons. The second kappa shape index (κ2) is 8.88. The minimum atomic E-state index is -0.607. The molecule has 1 aliphatic rings. The highest BCUT2D eigenvalue weighted by Crippen LogP contribution is 2.28. The Bertz CT molecular complexity index is 1070. The first-order valence-corrected chi connectivity index (χ1v) is 9.85. The normalized spacial score (nSPS) is 16.7. The molecule has 0 aliphatic carbocycles. The highest BCUT2D eigenvalue weighted by atomic mass is 16.5. The van der Waals surface area contributed by atoms with E-state index in [0.29, 0.717) is 17.9 Å². The number of H-pyrrole nitrogens is 1. The third-order valence-electron chi connectivity index (χ3n) is 5.09. The van der Waals surface area contributed by atoms with Crippen molar-refractivity contribution in [2.75, 3.05) is 13.7 Å². The first kappa shape index (κ1) is 19.8. The van der Waals surface area contributed by atoms with Crippen LogP contribution in [0.5, 0.6) is 0 Å². The van der Waals surface area contributed by atoms with Crippen LogP contribution in [0.25, 0.3) is 11.1 Å². The summed E-state index contributed by atoms with van der Waals surface area (Å²) in [5, 5.41) is 3.28.